The number of nitrogens with zero attached hydrogens (tertiary/aromatic N) is 3. The topological polar surface area (TPSA) is 58.1 Å². The number of nitrogens with one attached hydrogen (secondary N) is 1. The van der Waals surface area contributed by atoms with E-state index in [1.165, 1.54) is 11.3 Å². The van der Waals surface area contributed by atoms with Crippen molar-refractivity contribution in [2.45, 2.75) is 18.9 Å². The average molecular weight is 343 g/mol. The van der Waals surface area contributed by atoms with Gasteiger partial charge in [-0.2, -0.15) is 0 Å². The average Bonchev–Trinajstić information content (AvgIpc) is 3.12. The van der Waals surface area contributed by atoms with Gasteiger partial charge >= 0.3 is 6.03 Å². The van der Waals surface area contributed by atoms with Crippen molar-refractivity contribution < 1.29 is 4.79 Å². The number of halogens is 2. The van der Waals surface area contributed by atoms with Crippen molar-refractivity contribution >= 4 is 45.7 Å². The molecule has 1 aromatic heterocycles. The summed E-state index contributed by atoms with van der Waals surface area (Å²) in [7, 11) is 0. The fourth-order valence-electron chi connectivity index (χ4n) is 2.47. The summed E-state index contributed by atoms with van der Waals surface area (Å²) in [4.78, 5) is 14.1. The maximum absolute atomic E-state index is 12.3. The summed E-state index contributed by atoms with van der Waals surface area (Å²) in [5.74, 6) is 0. The summed E-state index contributed by atoms with van der Waals surface area (Å²) in [5.41, 5.74) is 2.57. The predicted octanol–water partition coefficient (Wildman–Crippen LogP) is 4.21. The van der Waals surface area contributed by atoms with E-state index in [0.717, 1.165) is 18.4 Å². The van der Waals surface area contributed by atoms with Crippen LogP contribution in [0.1, 0.15) is 24.4 Å². The summed E-state index contributed by atoms with van der Waals surface area (Å²) in [6, 6.07) is 5.34. The first-order chi connectivity index (χ1) is 10.1. The summed E-state index contributed by atoms with van der Waals surface area (Å²) in [6.45, 7) is 0.704. The van der Waals surface area contributed by atoms with Gasteiger partial charge in [0.2, 0.25) is 5.13 Å². The zero-order valence-electron chi connectivity index (χ0n) is 10.9. The molecule has 0 spiro atoms. The summed E-state index contributed by atoms with van der Waals surface area (Å²) in [6.07, 6.45) is 1.86. The van der Waals surface area contributed by atoms with Crippen LogP contribution >= 0.6 is 34.5 Å². The summed E-state index contributed by atoms with van der Waals surface area (Å²) < 4.78 is 0. The molecule has 110 valence electrons. The number of likely N-dealkylation sites (tertiary alicyclic amines) is 1. The van der Waals surface area contributed by atoms with Gasteiger partial charge in [0.25, 0.3) is 0 Å². The van der Waals surface area contributed by atoms with E-state index in [9.17, 15) is 4.79 Å². The maximum atomic E-state index is 12.3. The molecule has 1 aliphatic heterocycles. The lowest BCUT2D eigenvalue weighted by Gasteiger charge is -2.25. The second-order valence-electron chi connectivity index (χ2n) is 4.70. The van der Waals surface area contributed by atoms with Gasteiger partial charge in [-0.15, -0.1) is 10.2 Å². The van der Waals surface area contributed by atoms with E-state index in [0.29, 0.717) is 21.7 Å². The van der Waals surface area contributed by atoms with Gasteiger partial charge in [-0.1, -0.05) is 40.6 Å². The third kappa shape index (κ3) is 3.12. The minimum atomic E-state index is -0.166. The molecule has 2 aromatic rings. The molecule has 8 heteroatoms. The zero-order valence-corrected chi connectivity index (χ0v) is 13.3. The molecule has 1 atom stereocenters. The van der Waals surface area contributed by atoms with Crippen LogP contribution in [0.4, 0.5) is 9.93 Å². The van der Waals surface area contributed by atoms with Crippen LogP contribution in [0.2, 0.25) is 10.0 Å². The van der Waals surface area contributed by atoms with Crippen molar-refractivity contribution in [3.63, 3.8) is 0 Å². The number of hydrogen-bond acceptors (Lipinski definition) is 4. The van der Waals surface area contributed by atoms with Crippen molar-refractivity contribution in [2.75, 3.05) is 11.9 Å². The lowest BCUT2D eigenvalue weighted by Crippen LogP contribution is -2.34. The van der Waals surface area contributed by atoms with Crippen LogP contribution in [0.15, 0.2) is 23.7 Å². The van der Waals surface area contributed by atoms with Gasteiger partial charge in [0.1, 0.15) is 5.51 Å². The maximum Gasteiger partial charge on any atom is 0.324 e. The molecule has 1 aliphatic rings. The van der Waals surface area contributed by atoms with Gasteiger partial charge in [0.15, 0.2) is 0 Å². The Morgan fingerprint density at radius 1 is 1.38 bits per heavy atom. The van der Waals surface area contributed by atoms with Crippen molar-refractivity contribution in [2.24, 2.45) is 0 Å². The number of benzene rings is 1. The highest BCUT2D eigenvalue weighted by Gasteiger charge is 2.30. The van der Waals surface area contributed by atoms with Gasteiger partial charge < -0.3 is 4.90 Å². The molecule has 3 rings (SSSR count). The van der Waals surface area contributed by atoms with E-state index in [1.54, 1.807) is 16.5 Å². The van der Waals surface area contributed by atoms with Gasteiger partial charge in [0.05, 0.1) is 16.1 Å². The molecule has 2 heterocycles. The number of aromatic nitrogens is 2. The molecule has 1 N–H and O–H groups in total. The number of urea groups is 1. The smallest absolute Gasteiger partial charge is 0.317 e. The van der Waals surface area contributed by atoms with E-state index in [4.69, 9.17) is 23.2 Å². The van der Waals surface area contributed by atoms with Crippen molar-refractivity contribution in [1.82, 2.24) is 15.1 Å². The van der Waals surface area contributed by atoms with Gasteiger partial charge in [-0.25, -0.2) is 4.79 Å². The highest BCUT2D eigenvalue weighted by Crippen LogP contribution is 2.35. The Balaban J connectivity index is 1.78. The van der Waals surface area contributed by atoms with E-state index < -0.39 is 0 Å². The number of hydrogen-bond donors (Lipinski definition) is 1. The molecule has 1 saturated heterocycles. The van der Waals surface area contributed by atoms with Crippen molar-refractivity contribution in [3.8, 4) is 0 Å². The Labute approximate surface area is 135 Å². The molecule has 0 aliphatic carbocycles. The Morgan fingerprint density at radius 2 is 2.24 bits per heavy atom. The predicted molar refractivity (Wildman–Crippen MR) is 84.1 cm³/mol. The highest BCUT2D eigenvalue weighted by atomic mass is 35.5. The van der Waals surface area contributed by atoms with Crippen LogP contribution in [-0.2, 0) is 0 Å². The molecular weight excluding hydrogens is 331 g/mol. The molecular formula is C13H12Cl2N4OS. The van der Waals surface area contributed by atoms with E-state index in [2.05, 4.69) is 15.5 Å². The molecule has 2 amide bonds. The van der Waals surface area contributed by atoms with Gasteiger partial charge in [0, 0.05) is 6.54 Å². The minimum Gasteiger partial charge on any atom is -0.317 e. The van der Waals surface area contributed by atoms with Crippen LogP contribution in [0, 0.1) is 0 Å². The number of anilines is 1. The van der Waals surface area contributed by atoms with Crippen molar-refractivity contribution in [1.29, 1.82) is 0 Å². The van der Waals surface area contributed by atoms with E-state index in [-0.39, 0.29) is 12.1 Å². The Bertz CT molecular complexity index is 650. The molecule has 0 saturated carbocycles. The van der Waals surface area contributed by atoms with Gasteiger partial charge in [-0.05, 0) is 30.5 Å². The van der Waals surface area contributed by atoms with E-state index >= 15 is 0 Å². The molecule has 0 radical (unpaired) electrons. The molecule has 0 unspecified atom stereocenters. The van der Waals surface area contributed by atoms with Crippen LogP contribution in [-0.4, -0.2) is 27.7 Å². The minimum absolute atomic E-state index is 0.00712. The lowest BCUT2D eigenvalue weighted by atomic mass is 10.0. The fraction of sp³-hybridized carbons (Fsp3) is 0.308. The van der Waals surface area contributed by atoms with Crippen LogP contribution in [0.25, 0.3) is 0 Å². The molecule has 21 heavy (non-hydrogen) atoms. The number of carbonyl (C=O) groups is 1. The Morgan fingerprint density at radius 3 is 2.95 bits per heavy atom. The number of rotatable bonds is 2. The number of carbonyl (C=O) groups excluding carboxylic acids is 1. The standard InChI is InChI=1S/C13H12Cl2N4OS/c14-9-4-3-8(6-10(9)15)11-2-1-5-19(11)13(20)17-12-18-16-7-21-12/h3-4,6-7,11H,1-2,5H2,(H,17,18,20)/t11-/m1/s1. The third-order valence-corrected chi connectivity index (χ3v) is 4.76. The second kappa shape index (κ2) is 6.17. The second-order valence-corrected chi connectivity index (χ2v) is 6.35. The van der Waals surface area contributed by atoms with Crippen LogP contribution in [0.3, 0.4) is 0 Å². The first-order valence-corrected chi connectivity index (χ1v) is 8.07. The fourth-order valence-corrected chi connectivity index (χ4v) is 3.21. The summed E-state index contributed by atoms with van der Waals surface area (Å²) in [5, 5.41) is 11.8. The lowest BCUT2D eigenvalue weighted by molar-refractivity contribution is 0.207. The highest BCUT2D eigenvalue weighted by molar-refractivity contribution is 7.13. The normalized spacial score (nSPS) is 18.0. The van der Waals surface area contributed by atoms with Gasteiger partial charge in [-0.3, -0.25) is 5.32 Å². The Hall–Kier alpha value is -1.37. The molecule has 0 bridgehead atoms. The first kappa shape index (κ1) is 14.6. The molecule has 5 nitrogen and oxygen atoms in total. The van der Waals surface area contributed by atoms with Crippen LogP contribution in [0.5, 0.6) is 0 Å². The zero-order chi connectivity index (χ0) is 14.8. The number of amides is 2. The first-order valence-electron chi connectivity index (χ1n) is 6.44. The third-order valence-electron chi connectivity index (χ3n) is 3.42. The molecule has 1 fully saturated rings. The molecule has 1 aromatic carbocycles. The Kier molecular flexibility index (Phi) is 4.28. The summed E-state index contributed by atoms with van der Waals surface area (Å²) >= 11 is 13.3. The van der Waals surface area contributed by atoms with Crippen LogP contribution < -0.4 is 5.32 Å². The quantitative estimate of drug-likeness (QED) is 0.888. The largest absolute Gasteiger partial charge is 0.324 e. The monoisotopic (exact) mass is 342 g/mol. The van der Waals surface area contributed by atoms with Crippen molar-refractivity contribution in [3.05, 3.63) is 39.3 Å². The SMILES string of the molecule is O=C(Nc1nncs1)N1CCC[C@@H]1c1ccc(Cl)c(Cl)c1. The van der Waals surface area contributed by atoms with E-state index in [1.807, 2.05) is 12.1 Å².